The molecular weight excluding hydrogens is 423 g/mol. The second-order valence-corrected chi connectivity index (χ2v) is 9.31. The lowest BCUT2D eigenvalue weighted by Crippen LogP contribution is -2.08. The minimum Gasteiger partial charge on any atom is -0.487 e. The van der Waals surface area contributed by atoms with Crippen LogP contribution < -0.4 is 4.74 Å². The second-order valence-electron chi connectivity index (χ2n) is 6.34. The van der Waals surface area contributed by atoms with Gasteiger partial charge >= 0.3 is 0 Å². The average Bonchev–Trinajstić information content (AvgIpc) is 3.02. The molecule has 0 unspecified atom stereocenters. The van der Waals surface area contributed by atoms with Crippen LogP contribution in [0.4, 0.5) is 0 Å². The Labute approximate surface area is 153 Å². The van der Waals surface area contributed by atoms with Gasteiger partial charge in [-0.05, 0) is 22.6 Å². The monoisotopic (exact) mass is 442 g/mol. The van der Waals surface area contributed by atoms with E-state index < -0.39 is 0 Å². The molecule has 122 valence electrons. The van der Waals surface area contributed by atoms with Gasteiger partial charge in [-0.15, -0.1) is 11.8 Å². The molecule has 5 nitrogen and oxygen atoms in total. The number of thioether (sulfide) groups is 1. The molecule has 0 aliphatic rings. The molecular formula is C16H19IN4OS. The van der Waals surface area contributed by atoms with Crippen molar-refractivity contribution in [1.29, 1.82) is 0 Å². The maximum Gasteiger partial charge on any atom is 0.141 e. The molecule has 0 aliphatic carbocycles. The number of hydrogen-bond donors (Lipinski definition) is 0. The van der Waals surface area contributed by atoms with Gasteiger partial charge in [-0.25, -0.2) is 4.98 Å². The predicted octanol–water partition coefficient (Wildman–Crippen LogP) is 4.14. The van der Waals surface area contributed by atoms with Crippen molar-refractivity contribution in [3.8, 4) is 5.75 Å². The van der Waals surface area contributed by atoms with Crippen LogP contribution >= 0.6 is 34.4 Å². The molecule has 23 heavy (non-hydrogen) atoms. The average molecular weight is 442 g/mol. The Morgan fingerprint density at radius 1 is 1.26 bits per heavy atom. The van der Waals surface area contributed by atoms with Crippen molar-refractivity contribution >= 4 is 40.0 Å². The van der Waals surface area contributed by atoms with Crippen LogP contribution in [0.3, 0.4) is 0 Å². The second kappa shape index (κ2) is 6.35. The zero-order valence-corrected chi connectivity index (χ0v) is 16.6. The Kier molecular flexibility index (Phi) is 4.59. The Morgan fingerprint density at radius 3 is 2.70 bits per heavy atom. The van der Waals surface area contributed by atoms with Crippen molar-refractivity contribution in [2.45, 2.75) is 37.0 Å². The number of rotatable bonds is 4. The van der Waals surface area contributed by atoms with E-state index in [1.54, 1.807) is 16.4 Å². The molecule has 0 bridgehead atoms. The molecule has 3 heterocycles. The molecule has 0 atom stereocenters. The lowest BCUT2D eigenvalue weighted by molar-refractivity contribution is 0.298. The van der Waals surface area contributed by atoms with E-state index in [0.717, 1.165) is 25.6 Å². The van der Waals surface area contributed by atoms with Crippen molar-refractivity contribution in [2.75, 3.05) is 0 Å². The molecule has 0 fully saturated rings. The summed E-state index contributed by atoms with van der Waals surface area (Å²) in [7, 11) is 1.91. The van der Waals surface area contributed by atoms with Crippen LogP contribution in [-0.2, 0) is 13.7 Å². The van der Waals surface area contributed by atoms with Gasteiger partial charge in [0.15, 0.2) is 0 Å². The minimum atomic E-state index is 0.103. The Hall–Kier alpha value is -1.22. The fraction of sp³-hybridized carbons (Fsp3) is 0.375. The molecule has 0 spiro atoms. The molecule has 3 aromatic heterocycles. The van der Waals surface area contributed by atoms with E-state index in [2.05, 4.69) is 64.0 Å². The molecule has 0 aliphatic heterocycles. The number of ether oxygens (including phenoxy) is 1. The number of halogens is 1. The number of aryl methyl sites for hydroxylation is 1. The molecule has 3 rings (SSSR count). The van der Waals surface area contributed by atoms with Gasteiger partial charge in [0.2, 0.25) is 0 Å². The predicted molar refractivity (Wildman–Crippen MR) is 101 cm³/mol. The Bertz CT molecular complexity index is 834. The van der Waals surface area contributed by atoms with Gasteiger partial charge in [-0.2, -0.15) is 5.10 Å². The maximum absolute atomic E-state index is 6.07. The van der Waals surface area contributed by atoms with E-state index in [-0.39, 0.29) is 4.75 Å². The van der Waals surface area contributed by atoms with Crippen molar-refractivity contribution in [2.24, 2.45) is 7.05 Å². The first kappa shape index (κ1) is 16.6. The largest absolute Gasteiger partial charge is 0.487 e. The van der Waals surface area contributed by atoms with Crippen LogP contribution in [0.5, 0.6) is 5.75 Å². The van der Waals surface area contributed by atoms with Crippen LogP contribution in [0.15, 0.2) is 35.7 Å². The highest BCUT2D eigenvalue weighted by Crippen LogP contribution is 2.39. The maximum atomic E-state index is 6.07. The third-order valence-corrected chi connectivity index (χ3v) is 5.04. The first-order chi connectivity index (χ1) is 10.8. The normalized spacial score (nSPS) is 12.0. The third kappa shape index (κ3) is 4.00. The summed E-state index contributed by atoms with van der Waals surface area (Å²) in [5.74, 6) is 0.864. The third-order valence-electron chi connectivity index (χ3n) is 3.10. The zero-order chi connectivity index (χ0) is 16.6. The van der Waals surface area contributed by atoms with Crippen molar-refractivity contribution in [1.82, 2.24) is 19.2 Å². The highest BCUT2D eigenvalue weighted by molar-refractivity contribution is 14.1. The fourth-order valence-electron chi connectivity index (χ4n) is 2.18. The summed E-state index contributed by atoms with van der Waals surface area (Å²) in [5, 5.41) is 4.18. The van der Waals surface area contributed by atoms with Gasteiger partial charge in [0.05, 0.1) is 17.3 Å². The molecule has 0 radical (unpaired) electrons. The lowest BCUT2D eigenvalue weighted by atomic mass is 10.3. The van der Waals surface area contributed by atoms with Gasteiger partial charge in [0.1, 0.15) is 21.7 Å². The summed E-state index contributed by atoms with van der Waals surface area (Å²) in [6, 6.07) is 2.01. The van der Waals surface area contributed by atoms with Crippen LogP contribution in [0, 0.1) is 3.70 Å². The van der Waals surface area contributed by atoms with Gasteiger partial charge < -0.3 is 4.74 Å². The molecule has 3 aromatic rings. The van der Waals surface area contributed by atoms with Crippen molar-refractivity contribution in [3.05, 3.63) is 40.1 Å². The van der Waals surface area contributed by atoms with E-state index >= 15 is 0 Å². The number of pyridine rings is 1. The molecule has 0 saturated carbocycles. The standard InChI is InChI=1S/C16H19IN4OS/c1-16(2,3)23-13-9-21-14(17)7-18-15(21)5-12(13)22-10-11-6-19-20(4)8-11/h5-9H,10H2,1-4H3. The van der Waals surface area contributed by atoms with E-state index in [4.69, 9.17) is 4.74 Å². The first-order valence-electron chi connectivity index (χ1n) is 7.28. The first-order valence-corrected chi connectivity index (χ1v) is 9.17. The minimum absolute atomic E-state index is 0.103. The van der Waals surface area contributed by atoms with Gasteiger partial charge in [-0.1, -0.05) is 20.8 Å². The number of hydrogen-bond acceptors (Lipinski definition) is 4. The van der Waals surface area contributed by atoms with Gasteiger partial charge in [-0.3, -0.25) is 9.08 Å². The fourth-order valence-corrected chi connectivity index (χ4v) is 3.75. The SMILES string of the molecule is Cn1cc(COc2cc3ncc(I)n3cc2SC(C)(C)C)cn1. The summed E-state index contributed by atoms with van der Waals surface area (Å²) >= 11 is 4.09. The van der Waals surface area contributed by atoms with E-state index in [1.165, 1.54) is 0 Å². The van der Waals surface area contributed by atoms with Gasteiger partial charge in [0, 0.05) is 35.8 Å². The lowest BCUT2D eigenvalue weighted by Gasteiger charge is -2.20. The number of aromatic nitrogens is 4. The summed E-state index contributed by atoms with van der Waals surface area (Å²) < 4.78 is 11.1. The highest BCUT2D eigenvalue weighted by atomic mass is 127. The summed E-state index contributed by atoms with van der Waals surface area (Å²) in [5.41, 5.74) is 1.95. The molecule has 0 N–H and O–H groups in total. The number of imidazole rings is 1. The van der Waals surface area contributed by atoms with E-state index in [0.29, 0.717) is 6.61 Å². The molecule has 7 heteroatoms. The van der Waals surface area contributed by atoms with Crippen molar-refractivity contribution in [3.63, 3.8) is 0 Å². The van der Waals surface area contributed by atoms with Crippen LogP contribution in [0.2, 0.25) is 0 Å². The summed E-state index contributed by atoms with van der Waals surface area (Å²) in [6.45, 7) is 7.10. The topological polar surface area (TPSA) is 44.4 Å². The van der Waals surface area contributed by atoms with Crippen molar-refractivity contribution < 1.29 is 4.74 Å². The van der Waals surface area contributed by atoms with Crippen LogP contribution in [0.25, 0.3) is 5.65 Å². The summed E-state index contributed by atoms with van der Waals surface area (Å²) in [4.78, 5) is 5.54. The number of nitrogens with zero attached hydrogens (tertiary/aromatic N) is 4. The van der Waals surface area contributed by atoms with E-state index in [9.17, 15) is 0 Å². The Morgan fingerprint density at radius 2 is 2.04 bits per heavy atom. The molecule has 0 saturated heterocycles. The smallest absolute Gasteiger partial charge is 0.141 e. The van der Waals surface area contributed by atoms with Crippen LogP contribution in [-0.4, -0.2) is 23.9 Å². The number of fused-ring (bicyclic) bond motifs is 1. The zero-order valence-electron chi connectivity index (χ0n) is 13.6. The molecule has 0 aromatic carbocycles. The van der Waals surface area contributed by atoms with Gasteiger partial charge in [0.25, 0.3) is 0 Å². The van der Waals surface area contributed by atoms with Crippen LogP contribution in [0.1, 0.15) is 26.3 Å². The Balaban J connectivity index is 1.93. The van der Waals surface area contributed by atoms with E-state index in [1.807, 2.05) is 31.7 Å². The quantitative estimate of drug-likeness (QED) is 0.450. The summed E-state index contributed by atoms with van der Waals surface area (Å²) in [6.07, 6.45) is 7.77. The molecule has 0 amide bonds. The highest BCUT2D eigenvalue weighted by Gasteiger charge is 2.18.